The van der Waals surface area contributed by atoms with E-state index in [1.807, 2.05) is 29.2 Å². The lowest BCUT2D eigenvalue weighted by Crippen LogP contribution is -2.85. The van der Waals surface area contributed by atoms with Crippen molar-refractivity contribution < 1.29 is 23.5 Å². The van der Waals surface area contributed by atoms with Crippen LogP contribution >= 0.6 is 23.2 Å². The second-order valence-corrected chi connectivity index (χ2v) is 9.73. The van der Waals surface area contributed by atoms with Crippen molar-refractivity contribution in [3.8, 4) is 5.75 Å². The number of carbonyl (C=O) groups excluding carboxylic acids is 2. The monoisotopic (exact) mass is 478 g/mol. The fourth-order valence-corrected chi connectivity index (χ4v) is 5.37. The standard InChI is InChI=1S/C23H21Cl2FN2O4/c24-16-3-1-14(2-4-16)15-8-28(21(30)32-9-15)23-11-22(12-23,13-23)27-20(29)10-31-17-5-6-18(25)19(26)7-17/h1-7,15H,8-13H2,(H,27,29). The third-order valence-electron chi connectivity index (χ3n) is 6.61. The minimum atomic E-state index is -0.601. The summed E-state index contributed by atoms with van der Waals surface area (Å²) in [5.74, 6) is -0.566. The zero-order chi connectivity index (χ0) is 22.5. The average molecular weight is 479 g/mol. The number of cyclic esters (lactones) is 1. The molecule has 2 bridgehead atoms. The van der Waals surface area contributed by atoms with E-state index in [-0.39, 0.29) is 46.4 Å². The molecule has 0 spiro atoms. The molecule has 6 nitrogen and oxygen atoms in total. The molecule has 1 N–H and O–H groups in total. The van der Waals surface area contributed by atoms with Crippen LogP contribution in [0.1, 0.15) is 30.7 Å². The summed E-state index contributed by atoms with van der Waals surface area (Å²) in [6.45, 7) is 0.702. The molecular formula is C23H21Cl2FN2O4. The highest BCUT2D eigenvalue weighted by Gasteiger charge is 2.72. The van der Waals surface area contributed by atoms with E-state index in [0.29, 0.717) is 37.4 Å². The molecule has 2 aromatic rings. The van der Waals surface area contributed by atoms with Gasteiger partial charge in [-0.15, -0.1) is 0 Å². The van der Waals surface area contributed by atoms with Crippen molar-refractivity contribution in [1.29, 1.82) is 0 Å². The van der Waals surface area contributed by atoms with Gasteiger partial charge in [-0.3, -0.25) is 4.79 Å². The lowest BCUT2D eigenvalue weighted by Gasteiger charge is -2.73. The average Bonchev–Trinajstić information content (AvgIpc) is 2.72. The molecule has 3 saturated carbocycles. The summed E-state index contributed by atoms with van der Waals surface area (Å²) in [7, 11) is 0. The number of halogens is 3. The van der Waals surface area contributed by atoms with Gasteiger partial charge in [-0.25, -0.2) is 9.18 Å². The van der Waals surface area contributed by atoms with E-state index in [4.69, 9.17) is 32.7 Å². The van der Waals surface area contributed by atoms with Crippen LogP contribution in [0, 0.1) is 5.82 Å². The van der Waals surface area contributed by atoms with Gasteiger partial charge < -0.3 is 19.7 Å². The molecule has 6 rings (SSSR count). The summed E-state index contributed by atoms with van der Waals surface area (Å²) < 4.78 is 24.3. The minimum Gasteiger partial charge on any atom is -0.484 e. The smallest absolute Gasteiger partial charge is 0.410 e. The lowest BCUT2D eigenvalue weighted by atomic mass is 9.43. The third kappa shape index (κ3) is 3.77. The van der Waals surface area contributed by atoms with Crippen LogP contribution in [0.15, 0.2) is 42.5 Å². The molecule has 1 unspecified atom stereocenters. The van der Waals surface area contributed by atoms with Crippen LogP contribution in [0.5, 0.6) is 5.75 Å². The maximum absolute atomic E-state index is 13.5. The Labute approximate surface area is 194 Å². The van der Waals surface area contributed by atoms with Crippen molar-refractivity contribution >= 4 is 35.2 Å². The topological polar surface area (TPSA) is 67.9 Å². The SMILES string of the molecule is O=C(COc1ccc(Cl)c(F)c1)NC12CC(N3CC(c4ccc(Cl)cc4)COC3=O)(C1)C2. The highest BCUT2D eigenvalue weighted by Crippen LogP contribution is 2.64. The Balaban J connectivity index is 1.15. The summed E-state index contributed by atoms with van der Waals surface area (Å²) in [5.41, 5.74) is 0.492. The molecule has 168 valence electrons. The van der Waals surface area contributed by atoms with Crippen LogP contribution in [0.3, 0.4) is 0 Å². The van der Waals surface area contributed by atoms with Gasteiger partial charge in [0, 0.05) is 29.1 Å². The van der Waals surface area contributed by atoms with Crippen molar-refractivity contribution in [1.82, 2.24) is 10.2 Å². The van der Waals surface area contributed by atoms with Gasteiger partial charge in [-0.1, -0.05) is 35.3 Å². The molecule has 1 aliphatic heterocycles. The van der Waals surface area contributed by atoms with Gasteiger partial charge >= 0.3 is 6.09 Å². The van der Waals surface area contributed by atoms with E-state index in [9.17, 15) is 14.0 Å². The van der Waals surface area contributed by atoms with Crippen LogP contribution in [-0.4, -0.2) is 47.7 Å². The molecule has 1 heterocycles. The third-order valence-corrected chi connectivity index (χ3v) is 7.17. The number of nitrogens with zero attached hydrogens (tertiary/aromatic N) is 1. The number of amides is 2. The van der Waals surface area contributed by atoms with E-state index in [1.165, 1.54) is 12.1 Å². The van der Waals surface area contributed by atoms with Crippen molar-refractivity contribution in [2.45, 2.75) is 36.3 Å². The summed E-state index contributed by atoms with van der Waals surface area (Å²) >= 11 is 11.6. The molecule has 9 heteroatoms. The largest absolute Gasteiger partial charge is 0.484 e. The molecule has 4 fully saturated rings. The maximum atomic E-state index is 13.5. The van der Waals surface area contributed by atoms with Crippen LogP contribution in [0.2, 0.25) is 10.0 Å². The normalized spacial score (nSPS) is 28.3. The first-order valence-electron chi connectivity index (χ1n) is 10.4. The molecule has 3 aliphatic carbocycles. The predicted molar refractivity (Wildman–Crippen MR) is 117 cm³/mol. The van der Waals surface area contributed by atoms with Gasteiger partial charge in [0.25, 0.3) is 5.91 Å². The summed E-state index contributed by atoms with van der Waals surface area (Å²) in [5, 5.41) is 3.67. The van der Waals surface area contributed by atoms with E-state index >= 15 is 0 Å². The summed E-state index contributed by atoms with van der Waals surface area (Å²) in [6.07, 6.45) is 1.75. The van der Waals surface area contributed by atoms with Gasteiger partial charge in [0.15, 0.2) is 6.61 Å². The molecule has 0 radical (unpaired) electrons. The van der Waals surface area contributed by atoms with Gasteiger partial charge in [0.1, 0.15) is 18.2 Å². The number of ether oxygens (including phenoxy) is 2. The number of hydrogen-bond acceptors (Lipinski definition) is 4. The molecule has 4 aliphatic rings. The van der Waals surface area contributed by atoms with Crippen molar-refractivity contribution in [3.05, 3.63) is 63.9 Å². The van der Waals surface area contributed by atoms with Gasteiger partial charge in [0.05, 0.1) is 10.6 Å². The number of benzene rings is 2. The van der Waals surface area contributed by atoms with Crippen LogP contribution < -0.4 is 10.1 Å². The number of rotatable bonds is 6. The van der Waals surface area contributed by atoms with E-state index in [0.717, 1.165) is 11.6 Å². The fraction of sp³-hybridized carbons (Fsp3) is 0.391. The zero-order valence-electron chi connectivity index (χ0n) is 17.1. The first-order valence-corrected chi connectivity index (χ1v) is 11.1. The highest BCUT2D eigenvalue weighted by atomic mass is 35.5. The fourth-order valence-electron chi connectivity index (χ4n) is 5.12. The molecule has 2 amide bonds. The van der Waals surface area contributed by atoms with E-state index < -0.39 is 5.82 Å². The molecule has 32 heavy (non-hydrogen) atoms. The first kappa shape index (κ1) is 21.3. The number of hydrogen-bond donors (Lipinski definition) is 1. The quantitative estimate of drug-likeness (QED) is 0.661. The molecule has 0 aromatic heterocycles. The number of nitrogens with one attached hydrogen (secondary N) is 1. The molecule has 1 atom stereocenters. The number of carbonyl (C=O) groups is 2. The van der Waals surface area contributed by atoms with E-state index in [2.05, 4.69) is 5.32 Å². The Hall–Kier alpha value is -2.51. The van der Waals surface area contributed by atoms with Gasteiger partial charge in [-0.2, -0.15) is 0 Å². The van der Waals surface area contributed by atoms with Crippen LogP contribution in [0.4, 0.5) is 9.18 Å². The Bertz CT molecular complexity index is 1060. The van der Waals surface area contributed by atoms with Crippen LogP contribution in [-0.2, 0) is 9.53 Å². The Morgan fingerprint density at radius 1 is 1.19 bits per heavy atom. The lowest BCUT2D eigenvalue weighted by molar-refractivity contribution is -0.181. The Morgan fingerprint density at radius 3 is 2.59 bits per heavy atom. The Morgan fingerprint density at radius 2 is 1.91 bits per heavy atom. The molecule has 2 aromatic carbocycles. The second kappa shape index (κ2) is 7.81. The van der Waals surface area contributed by atoms with Crippen molar-refractivity contribution in [2.75, 3.05) is 19.8 Å². The molecular weight excluding hydrogens is 458 g/mol. The van der Waals surface area contributed by atoms with Gasteiger partial charge in [0.2, 0.25) is 0 Å². The van der Waals surface area contributed by atoms with Crippen molar-refractivity contribution in [3.63, 3.8) is 0 Å². The summed E-state index contributed by atoms with van der Waals surface area (Å²) in [6, 6.07) is 11.6. The highest BCUT2D eigenvalue weighted by molar-refractivity contribution is 6.30. The minimum absolute atomic E-state index is 0.00416. The second-order valence-electron chi connectivity index (χ2n) is 8.88. The van der Waals surface area contributed by atoms with Crippen molar-refractivity contribution in [2.24, 2.45) is 0 Å². The van der Waals surface area contributed by atoms with Crippen LogP contribution in [0.25, 0.3) is 0 Å². The van der Waals surface area contributed by atoms with E-state index in [1.54, 1.807) is 0 Å². The first-order chi connectivity index (χ1) is 15.3. The van der Waals surface area contributed by atoms with Gasteiger partial charge in [-0.05, 0) is 49.1 Å². The summed E-state index contributed by atoms with van der Waals surface area (Å²) in [4.78, 5) is 26.6. The predicted octanol–water partition coefficient (Wildman–Crippen LogP) is 4.54. The molecule has 1 saturated heterocycles. The zero-order valence-corrected chi connectivity index (χ0v) is 18.6. The maximum Gasteiger partial charge on any atom is 0.410 e. The Kier molecular flexibility index (Phi) is 5.21.